The number of hydrogen-bond acceptors (Lipinski definition) is 6. The molecule has 0 spiro atoms. The van der Waals surface area contributed by atoms with E-state index in [0.717, 1.165) is 30.2 Å². The van der Waals surface area contributed by atoms with Gasteiger partial charge >= 0.3 is 0 Å². The Bertz CT molecular complexity index is 1330. The molecule has 0 unspecified atom stereocenters. The van der Waals surface area contributed by atoms with E-state index in [1.165, 1.54) is 6.20 Å². The quantitative estimate of drug-likeness (QED) is 0.474. The Morgan fingerprint density at radius 3 is 2.64 bits per heavy atom. The lowest BCUT2D eigenvalue weighted by Gasteiger charge is -2.30. The van der Waals surface area contributed by atoms with Gasteiger partial charge in [0.05, 0.1) is 36.5 Å². The van der Waals surface area contributed by atoms with E-state index in [9.17, 15) is 9.59 Å². The van der Waals surface area contributed by atoms with Gasteiger partial charge in [0, 0.05) is 25.9 Å². The van der Waals surface area contributed by atoms with E-state index >= 15 is 0 Å². The first-order valence-electron chi connectivity index (χ1n) is 10.9. The van der Waals surface area contributed by atoms with Crippen LogP contribution in [0.3, 0.4) is 0 Å². The number of ether oxygens (including phenoxy) is 1. The average Bonchev–Trinajstić information content (AvgIpc) is 3.29. The summed E-state index contributed by atoms with van der Waals surface area (Å²) in [5.74, 6) is 0.303. The van der Waals surface area contributed by atoms with Crippen LogP contribution in [0.25, 0.3) is 16.7 Å². The number of nitrogens with one attached hydrogen (secondary N) is 2. The highest BCUT2D eigenvalue weighted by molar-refractivity contribution is 5.94. The lowest BCUT2D eigenvalue weighted by atomic mass is 10.2. The first kappa shape index (κ1) is 20.9. The number of H-pyrrole nitrogens is 1. The predicted octanol–water partition coefficient (Wildman–Crippen LogP) is 2.52. The van der Waals surface area contributed by atoms with Crippen molar-refractivity contribution in [3.05, 3.63) is 77.0 Å². The van der Waals surface area contributed by atoms with E-state index in [0.29, 0.717) is 36.5 Å². The lowest BCUT2D eigenvalue weighted by molar-refractivity contribution is -0.116. The maximum absolute atomic E-state index is 12.7. The molecule has 9 nitrogen and oxygen atoms in total. The first-order chi connectivity index (χ1) is 16.2. The minimum absolute atomic E-state index is 0.143. The number of para-hydroxylation sites is 3. The van der Waals surface area contributed by atoms with Gasteiger partial charge in [-0.05, 0) is 24.3 Å². The highest BCUT2D eigenvalue weighted by atomic mass is 16.5. The third-order valence-electron chi connectivity index (χ3n) is 5.61. The Hall–Kier alpha value is -3.98. The molecule has 4 aromatic rings. The van der Waals surface area contributed by atoms with Gasteiger partial charge in [0.1, 0.15) is 11.2 Å². The van der Waals surface area contributed by atoms with E-state index in [2.05, 4.69) is 25.3 Å². The Labute approximate surface area is 190 Å². The summed E-state index contributed by atoms with van der Waals surface area (Å²) in [6.45, 7) is 2.91. The maximum Gasteiger partial charge on any atom is 0.262 e. The molecule has 3 heterocycles. The Morgan fingerprint density at radius 1 is 1.06 bits per heavy atom. The highest BCUT2D eigenvalue weighted by Crippen LogP contribution is 2.26. The molecule has 1 amide bonds. The van der Waals surface area contributed by atoms with Crippen molar-refractivity contribution in [2.75, 3.05) is 36.5 Å². The van der Waals surface area contributed by atoms with Crippen LogP contribution in [0, 0.1) is 0 Å². The number of carbonyl (C=O) groups is 1. The van der Waals surface area contributed by atoms with E-state index in [4.69, 9.17) is 4.74 Å². The van der Waals surface area contributed by atoms with E-state index < -0.39 is 0 Å². The van der Waals surface area contributed by atoms with Crippen LogP contribution in [0.1, 0.15) is 12.2 Å². The van der Waals surface area contributed by atoms with E-state index in [1.807, 2.05) is 54.6 Å². The monoisotopic (exact) mass is 444 g/mol. The Kier molecular flexibility index (Phi) is 5.86. The summed E-state index contributed by atoms with van der Waals surface area (Å²) in [5, 5.41) is 7.73. The summed E-state index contributed by atoms with van der Waals surface area (Å²) in [4.78, 5) is 34.8. The number of morpholine rings is 1. The van der Waals surface area contributed by atoms with Crippen LogP contribution in [0.15, 0.2) is 65.6 Å². The van der Waals surface area contributed by atoms with Gasteiger partial charge in [-0.2, -0.15) is 5.10 Å². The molecule has 0 bridgehead atoms. The van der Waals surface area contributed by atoms with Gasteiger partial charge in [-0.1, -0.05) is 30.3 Å². The molecule has 5 rings (SSSR count). The van der Waals surface area contributed by atoms with Gasteiger partial charge in [0.2, 0.25) is 5.91 Å². The molecule has 9 heteroatoms. The molecule has 1 fully saturated rings. The van der Waals surface area contributed by atoms with E-state index in [1.54, 1.807) is 4.68 Å². The summed E-state index contributed by atoms with van der Waals surface area (Å²) >= 11 is 0. The number of benzene rings is 2. The third-order valence-corrected chi connectivity index (χ3v) is 5.61. The predicted molar refractivity (Wildman–Crippen MR) is 126 cm³/mol. The molecule has 1 aliphatic rings. The second-order valence-corrected chi connectivity index (χ2v) is 7.81. The number of hydrogen-bond donors (Lipinski definition) is 2. The topological polar surface area (TPSA) is 105 Å². The summed E-state index contributed by atoms with van der Waals surface area (Å²) in [7, 11) is 0. The molecule has 0 aliphatic carbocycles. The van der Waals surface area contributed by atoms with Crippen molar-refractivity contribution in [2.24, 2.45) is 0 Å². The van der Waals surface area contributed by atoms with Crippen LogP contribution < -0.4 is 15.8 Å². The molecule has 2 aromatic heterocycles. The van der Waals surface area contributed by atoms with Gasteiger partial charge in [-0.25, -0.2) is 9.67 Å². The molecular weight excluding hydrogens is 420 g/mol. The van der Waals surface area contributed by atoms with Crippen LogP contribution in [-0.2, 0) is 16.0 Å². The molecule has 33 heavy (non-hydrogen) atoms. The largest absolute Gasteiger partial charge is 0.378 e. The van der Waals surface area contributed by atoms with Crippen molar-refractivity contribution >= 4 is 28.3 Å². The zero-order valence-electron chi connectivity index (χ0n) is 18.0. The van der Waals surface area contributed by atoms with Crippen molar-refractivity contribution in [1.29, 1.82) is 0 Å². The minimum atomic E-state index is -0.268. The number of carbonyl (C=O) groups excluding carboxylic acids is 1. The standard InChI is InChI=1S/C24H24N6O3/c31-22(26-19-8-4-5-9-20(19)29-12-14-33-15-13-29)11-10-21-27-23-18(24(32)28-21)16-25-30(23)17-6-2-1-3-7-17/h1-9,16H,10-15H2,(H,26,31)(H,27,28,32). The highest BCUT2D eigenvalue weighted by Gasteiger charge is 2.16. The fourth-order valence-electron chi connectivity index (χ4n) is 3.94. The average molecular weight is 444 g/mol. The van der Waals surface area contributed by atoms with E-state index in [-0.39, 0.29) is 17.9 Å². The van der Waals surface area contributed by atoms with Crippen LogP contribution in [0.2, 0.25) is 0 Å². The second-order valence-electron chi connectivity index (χ2n) is 7.81. The van der Waals surface area contributed by atoms with Crippen molar-refractivity contribution in [3.8, 4) is 5.69 Å². The fourth-order valence-corrected chi connectivity index (χ4v) is 3.94. The Morgan fingerprint density at radius 2 is 1.82 bits per heavy atom. The van der Waals surface area contributed by atoms with Gasteiger partial charge in [0.15, 0.2) is 5.65 Å². The van der Waals surface area contributed by atoms with Crippen LogP contribution in [0.4, 0.5) is 11.4 Å². The van der Waals surface area contributed by atoms with Crippen molar-refractivity contribution in [3.63, 3.8) is 0 Å². The zero-order chi connectivity index (χ0) is 22.6. The summed E-state index contributed by atoms with van der Waals surface area (Å²) in [6, 6.07) is 17.3. The van der Waals surface area contributed by atoms with Gasteiger partial charge in [-0.15, -0.1) is 0 Å². The van der Waals surface area contributed by atoms with Gasteiger partial charge < -0.3 is 19.9 Å². The summed E-state index contributed by atoms with van der Waals surface area (Å²) < 4.78 is 7.06. The number of anilines is 2. The number of fused-ring (bicyclic) bond motifs is 1. The maximum atomic E-state index is 12.7. The minimum Gasteiger partial charge on any atom is -0.378 e. The van der Waals surface area contributed by atoms with Gasteiger partial charge in [-0.3, -0.25) is 9.59 Å². The number of aromatic amines is 1. The SMILES string of the molecule is O=C(CCc1nc2c(cnn2-c2ccccc2)c(=O)[nH]1)Nc1ccccc1N1CCOCC1. The zero-order valence-corrected chi connectivity index (χ0v) is 18.0. The van der Waals surface area contributed by atoms with Crippen LogP contribution >= 0.6 is 0 Å². The number of rotatable bonds is 6. The summed E-state index contributed by atoms with van der Waals surface area (Å²) in [5.41, 5.74) is 2.76. The normalized spacial score (nSPS) is 13.9. The number of aromatic nitrogens is 4. The molecule has 1 aliphatic heterocycles. The first-order valence-corrected chi connectivity index (χ1v) is 10.9. The molecule has 1 saturated heterocycles. The smallest absolute Gasteiger partial charge is 0.262 e. The molecule has 0 saturated carbocycles. The van der Waals surface area contributed by atoms with Gasteiger partial charge in [0.25, 0.3) is 5.56 Å². The third kappa shape index (κ3) is 4.49. The fraction of sp³-hybridized carbons (Fsp3) is 0.250. The number of aryl methyl sites for hydroxylation is 1. The molecule has 168 valence electrons. The van der Waals surface area contributed by atoms with Crippen LogP contribution in [0.5, 0.6) is 0 Å². The van der Waals surface area contributed by atoms with Crippen LogP contribution in [-0.4, -0.2) is 52.0 Å². The lowest BCUT2D eigenvalue weighted by Crippen LogP contribution is -2.36. The number of amides is 1. The molecular formula is C24H24N6O3. The Balaban J connectivity index is 1.31. The number of nitrogens with zero attached hydrogens (tertiary/aromatic N) is 4. The molecule has 2 aromatic carbocycles. The van der Waals surface area contributed by atoms with Crippen molar-refractivity contribution < 1.29 is 9.53 Å². The van der Waals surface area contributed by atoms with Crippen molar-refractivity contribution in [2.45, 2.75) is 12.8 Å². The van der Waals surface area contributed by atoms with Crippen molar-refractivity contribution in [1.82, 2.24) is 19.7 Å². The molecule has 0 radical (unpaired) electrons. The summed E-state index contributed by atoms with van der Waals surface area (Å²) in [6.07, 6.45) is 2.00. The molecule has 2 N–H and O–H groups in total. The molecule has 0 atom stereocenters. The second kappa shape index (κ2) is 9.25.